The van der Waals surface area contributed by atoms with Gasteiger partial charge in [-0.2, -0.15) is 0 Å². The molecule has 2 nitrogen and oxygen atoms in total. The Morgan fingerprint density at radius 3 is 2.35 bits per heavy atom. The highest BCUT2D eigenvalue weighted by Crippen LogP contribution is 2.26. The molecule has 1 aromatic rings. The van der Waals surface area contributed by atoms with Crippen LogP contribution in [0, 0.1) is 5.41 Å². The van der Waals surface area contributed by atoms with Gasteiger partial charge in [0.15, 0.2) is 0 Å². The lowest BCUT2D eigenvalue weighted by Crippen LogP contribution is -2.33. The van der Waals surface area contributed by atoms with E-state index in [0.717, 1.165) is 25.9 Å². The summed E-state index contributed by atoms with van der Waals surface area (Å²) >= 11 is 0. The molecule has 17 heavy (non-hydrogen) atoms. The molecule has 0 bridgehead atoms. The summed E-state index contributed by atoms with van der Waals surface area (Å²) in [5, 5.41) is 12.8. The van der Waals surface area contributed by atoms with E-state index in [1.54, 1.807) is 12.1 Å². The molecule has 1 atom stereocenters. The summed E-state index contributed by atoms with van der Waals surface area (Å²) in [4.78, 5) is 0. The molecule has 0 amide bonds. The van der Waals surface area contributed by atoms with Crippen LogP contribution in [-0.2, 0) is 6.42 Å². The monoisotopic (exact) mass is 235 g/mol. The molecule has 0 aliphatic heterocycles. The Hall–Kier alpha value is -1.02. The van der Waals surface area contributed by atoms with E-state index in [9.17, 15) is 5.11 Å². The molecule has 0 fully saturated rings. The zero-order chi connectivity index (χ0) is 12.7. The first-order chi connectivity index (χ1) is 8.09. The Kier molecular flexibility index (Phi) is 5.49. The van der Waals surface area contributed by atoms with Crippen molar-refractivity contribution < 1.29 is 5.11 Å². The molecule has 0 aliphatic carbocycles. The highest BCUT2D eigenvalue weighted by Gasteiger charge is 2.21. The first-order valence-electron chi connectivity index (χ1n) is 6.58. The molecule has 0 aromatic heterocycles. The molecule has 2 heteroatoms. The van der Waals surface area contributed by atoms with Crippen LogP contribution < -0.4 is 5.32 Å². The molecule has 0 saturated heterocycles. The molecular weight excluding hydrogens is 210 g/mol. The third kappa shape index (κ3) is 4.78. The summed E-state index contributed by atoms with van der Waals surface area (Å²) in [5.41, 5.74) is 1.59. The Labute approximate surface area is 105 Å². The molecule has 96 valence electrons. The quantitative estimate of drug-likeness (QED) is 0.710. The summed E-state index contributed by atoms with van der Waals surface area (Å²) in [7, 11) is 0. The van der Waals surface area contributed by atoms with Crippen LogP contribution in [0.2, 0.25) is 0 Å². The van der Waals surface area contributed by atoms with E-state index in [4.69, 9.17) is 0 Å². The maximum absolute atomic E-state index is 9.27. The van der Waals surface area contributed by atoms with Crippen molar-refractivity contribution in [3.63, 3.8) is 0 Å². The molecule has 1 unspecified atom stereocenters. The second kappa shape index (κ2) is 6.65. The fourth-order valence-corrected chi connectivity index (χ4v) is 1.99. The summed E-state index contributed by atoms with van der Waals surface area (Å²) in [5.74, 6) is 0.344. The number of hydrogen-bond acceptors (Lipinski definition) is 2. The summed E-state index contributed by atoms with van der Waals surface area (Å²) < 4.78 is 0. The van der Waals surface area contributed by atoms with Crippen molar-refractivity contribution >= 4 is 0 Å². The van der Waals surface area contributed by atoms with Crippen LogP contribution in [0.3, 0.4) is 0 Å². The minimum atomic E-state index is 0.298. The van der Waals surface area contributed by atoms with Gasteiger partial charge in [-0.15, -0.1) is 0 Å². The first-order valence-corrected chi connectivity index (χ1v) is 6.58. The van der Waals surface area contributed by atoms with Gasteiger partial charge >= 0.3 is 0 Å². The zero-order valence-electron chi connectivity index (χ0n) is 11.3. The van der Waals surface area contributed by atoms with Gasteiger partial charge in [-0.25, -0.2) is 0 Å². The minimum Gasteiger partial charge on any atom is -0.508 e. The van der Waals surface area contributed by atoms with Crippen molar-refractivity contribution in [2.75, 3.05) is 13.1 Å². The maximum atomic E-state index is 9.27. The molecular formula is C15H25NO. The Morgan fingerprint density at radius 1 is 1.18 bits per heavy atom. The van der Waals surface area contributed by atoms with Crippen molar-refractivity contribution in [1.29, 1.82) is 0 Å². The molecule has 1 rings (SSSR count). The maximum Gasteiger partial charge on any atom is 0.115 e. The zero-order valence-corrected chi connectivity index (χ0v) is 11.3. The standard InChI is InChI=1S/C15H25NO/c1-4-10-16-12-15(3,5-2)11-13-6-8-14(17)9-7-13/h6-9,16-17H,4-5,10-12H2,1-3H3. The van der Waals surface area contributed by atoms with Crippen LogP contribution in [0.1, 0.15) is 39.2 Å². The fourth-order valence-electron chi connectivity index (χ4n) is 1.99. The topological polar surface area (TPSA) is 32.3 Å². The highest BCUT2D eigenvalue weighted by molar-refractivity contribution is 5.26. The van der Waals surface area contributed by atoms with Crippen LogP contribution in [0.15, 0.2) is 24.3 Å². The largest absolute Gasteiger partial charge is 0.508 e. The van der Waals surface area contributed by atoms with Crippen LogP contribution >= 0.6 is 0 Å². The van der Waals surface area contributed by atoms with E-state index < -0.39 is 0 Å². The normalized spacial score (nSPS) is 14.5. The predicted molar refractivity (Wildman–Crippen MR) is 73.4 cm³/mol. The smallest absolute Gasteiger partial charge is 0.115 e. The third-order valence-corrected chi connectivity index (χ3v) is 3.40. The Bertz CT molecular complexity index is 320. The SMILES string of the molecule is CCCNCC(C)(CC)Cc1ccc(O)cc1. The van der Waals surface area contributed by atoms with E-state index in [-0.39, 0.29) is 0 Å². The number of nitrogens with one attached hydrogen (secondary N) is 1. The van der Waals surface area contributed by atoms with Crippen molar-refractivity contribution in [1.82, 2.24) is 5.32 Å². The second-order valence-electron chi connectivity index (χ2n) is 5.18. The Morgan fingerprint density at radius 2 is 1.82 bits per heavy atom. The Balaban J connectivity index is 2.58. The lowest BCUT2D eigenvalue weighted by atomic mass is 9.81. The number of benzene rings is 1. The van der Waals surface area contributed by atoms with Crippen LogP contribution in [0.4, 0.5) is 0 Å². The molecule has 0 heterocycles. The highest BCUT2D eigenvalue weighted by atomic mass is 16.3. The van der Waals surface area contributed by atoms with Gasteiger partial charge in [0.1, 0.15) is 5.75 Å². The van der Waals surface area contributed by atoms with E-state index in [1.165, 1.54) is 12.0 Å². The second-order valence-corrected chi connectivity index (χ2v) is 5.18. The molecule has 2 N–H and O–H groups in total. The number of phenols is 1. The van der Waals surface area contributed by atoms with Crippen LogP contribution in [0.25, 0.3) is 0 Å². The molecule has 0 aliphatic rings. The van der Waals surface area contributed by atoms with Gasteiger partial charge < -0.3 is 10.4 Å². The number of hydrogen-bond donors (Lipinski definition) is 2. The van der Waals surface area contributed by atoms with Gasteiger partial charge in [0.2, 0.25) is 0 Å². The third-order valence-electron chi connectivity index (χ3n) is 3.40. The lowest BCUT2D eigenvalue weighted by Gasteiger charge is -2.29. The van der Waals surface area contributed by atoms with Gasteiger partial charge in [0.05, 0.1) is 0 Å². The van der Waals surface area contributed by atoms with Crippen molar-refractivity contribution in [2.24, 2.45) is 5.41 Å². The van der Waals surface area contributed by atoms with E-state index >= 15 is 0 Å². The molecule has 0 radical (unpaired) electrons. The van der Waals surface area contributed by atoms with Crippen molar-refractivity contribution in [3.8, 4) is 5.75 Å². The first kappa shape index (κ1) is 14.0. The van der Waals surface area contributed by atoms with Crippen molar-refractivity contribution in [2.45, 2.75) is 40.0 Å². The predicted octanol–water partition coefficient (Wildman–Crippen LogP) is 3.35. The van der Waals surface area contributed by atoms with Gasteiger partial charge in [-0.05, 0) is 48.9 Å². The van der Waals surface area contributed by atoms with Crippen LogP contribution in [0.5, 0.6) is 5.75 Å². The lowest BCUT2D eigenvalue weighted by molar-refractivity contribution is 0.291. The number of aromatic hydroxyl groups is 1. The average molecular weight is 235 g/mol. The van der Waals surface area contributed by atoms with Crippen molar-refractivity contribution in [3.05, 3.63) is 29.8 Å². The summed E-state index contributed by atoms with van der Waals surface area (Å²) in [6.07, 6.45) is 3.39. The molecule has 1 aromatic carbocycles. The van der Waals surface area contributed by atoms with E-state index in [0.29, 0.717) is 11.2 Å². The molecule has 0 saturated carbocycles. The number of rotatable bonds is 7. The minimum absolute atomic E-state index is 0.298. The van der Waals surface area contributed by atoms with E-state index in [2.05, 4.69) is 26.1 Å². The number of phenolic OH excluding ortho intramolecular Hbond substituents is 1. The average Bonchev–Trinajstić information content (AvgIpc) is 2.33. The van der Waals surface area contributed by atoms with Gasteiger partial charge in [-0.3, -0.25) is 0 Å². The van der Waals surface area contributed by atoms with Gasteiger partial charge in [-0.1, -0.05) is 32.9 Å². The molecule has 0 spiro atoms. The van der Waals surface area contributed by atoms with E-state index in [1.807, 2.05) is 12.1 Å². The van der Waals surface area contributed by atoms with Crippen LogP contribution in [-0.4, -0.2) is 18.2 Å². The summed E-state index contributed by atoms with van der Waals surface area (Å²) in [6.45, 7) is 8.90. The van der Waals surface area contributed by atoms with Gasteiger partial charge in [0, 0.05) is 6.54 Å². The van der Waals surface area contributed by atoms with Gasteiger partial charge in [0.25, 0.3) is 0 Å². The fraction of sp³-hybridized carbons (Fsp3) is 0.600. The summed E-state index contributed by atoms with van der Waals surface area (Å²) in [6, 6.07) is 7.57.